The van der Waals surface area contributed by atoms with E-state index in [-0.39, 0.29) is 0 Å². The Morgan fingerprint density at radius 1 is 1.40 bits per heavy atom. The van der Waals surface area contributed by atoms with Gasteiger partial charge in [-0.25, -0.2) is 0 Å². The Kier molecular flexibility index (Phi) is 3.01. The van der Waals surface area contributed by atoms with Crippen molar-refractivity contribution >= 4 is 0 Å². The van der Waals surface area contributed by atoms with Gasteiger partial charge in [-0.05, 0) is 31.6 Å². The first kappa shape index (κ1) is 10.9. The van der Waals surface area contributed by atoms with E-state index >= 15 is 0 Å². The Hall–Kier alpha value is -0.560. The van der Waals surface area contributed by atoms with Crippen LogP contribution in [0.15, 0.2) is 23.8 Å². The summed E-state index contributed by atoms with van der Waals surface area (Å²) < 4.78 is 5.97. The van der Waals surface area contributed by atoms with Crippen LogP contribution in [0.4, 0.5) is 0 Å². The molecule has 0 radical (unpaired) electrons. The van der Waals surface area contributed by atoms with Crippen molar-refractivity contribution in [3.05, 3.63) is 23.8 Å². The maximum Gasteiger partial charge on any atom is 0.0823 e. The second-order valence-corrected chi connectivity index (χ2v) is 5.14. The molecule has 84 valence electrons. The Labute approximate surface area is 93.2 Å². The molecule has 0 N–H and O–H groups in total. The first-order valence-electron chi connectivity index (χ1n) is 6.08. The average molecular weight is 206 g/mol. The van der Waals surface area contributed by atoms with Crippen LogP contribution in [0, 0.1) is 23.7 Å². The quantitative estimate of drug-likeness (QED) is 0.597. The van der Waals surface area contributed by atoms with Gasteiger partial charge < -0.3 is 4.74 Å². The van der Waals surface area contributed by atoms with Crippen LogP contribution in [0.3, 0.4) is 0 Å². The summed E-state index contributed by atoms with van der Waals surface area (Å²) in [7, 11) is 0. The van der Waals surface area contributed by atoms with Crippen LogP contribution in [0.1, 0.15) is 27.7 Å². The minimum atomic E-state index is 0.310. The van der Waals surface area contributed by atoms with Crippen LogP contribution in [0.25, 0.3) is 0 Å². The third-order valence-corrected chi connectivity index (χ3v) is 4.19. The third kappa shape index (κ3) is 1.78. The summed E-state index contributed by atoms with van der Waals surface area (Å²) >= 11 is 0. The fourth-order valence-electron chi connectivity index (χ4n) is 3.36. The van der Waals surface area contributed by atoms with Gasteiger partial charge in [0.2, 0.25) is 0 Å². The van der Waals surface area contributed by atoms with Crippen LogP contribution >= 0.6 is 0 Å². The molecule has 0 amide bonds. The minimum Gasteiger partial charge on any atom is -0.373 e. The van der Waals surface area contributed by atoms with E-state index < -0.39 is 0 Å². The van der Waals surface area contributed by atoms with Crippen LogP contribution in [0.2, 0.25) is 0 Å². The number of rotatable bonds is 1. The van der Waals surface area contributed by atoms with Gasteiger partial charge in [-0.2, -0.15) is 0 Å². The zero-order chi connectivity index (χ0) is 11.0. The van der Waals surface area contributed by atoms with Crippen LogP contribution in [-0.4, -0.2) is 12.7 Å². The first-order valence-corrected chi connectivity index (χ1v) is 6.08. The molecule has 15 heavy (non-hydrogen) atoms. The zero-order valence-corrected chi connectivity index (χ0v) is 10.2. The Morgan fingerprint density at radius 2 is 2.13 bits per heavy atom. The van der Waals surface area contributed by atoms with E-state index in [0.717, 1.165) is 18.4 Å². The van der Waals surface area contributed by atoms with Crippen LogP contribution < -0.4 is 0 Å². The van der Waals surface area contributed by atoms with E-state index in [1.54, 1.807) is 0 Å². The molecule has 2 bridgehead atoms. The van der Waals surface area contributed by atoms with Gasteiger partial charge in [-0.15, -0.1) is 0 Å². The van der Waals surface area contributed by atoms with Gasteiger partial charge in [0, 0.05) is 5.92 Å². The fourth-order valence-corrected chi connectivity index (χ4v) is 3.36. The molecule has 1 aliphatic carbocycles. The Morgan fingerprint density at radius 3 is 2.80 bits per heavy atom. The number of fused-ring (bicyclic) bond motifs is 2. The highest BCUT2D eigenvalue weighted by molar-refractivity contribution is 5.19. The summed E-state index contributed by atoms with van der Waals surface area (Å²) in [5.41, 5.74) is 1.52. The lowest BCUT2D eigenvalue weighted by molar-refractivity contribution is -0.0687. The van der Waals surface area contributed by atoms with E-state index in [1.165, 1.54) is 5.57 Å². The van der Waals surface area contributed by atoms with Crippen molar-refractivity contribution < 1.29 is 4.74 Å². The average Bonchev–Trinajstić information content (AvgIpc) is 2.15. The van der Waals surface area contributed by atoms with E-state index in [2.05, 4.69) is 45.9 Å². The molecular weight excluding hydrogens is 184 g/mol. The molecule has 5 atom stereocenters. The van der Waals surface area contributed by atoms with Crippen LogP contribution in [-0.2, 0) is 4.74 Å². The number of allylic oxidation sites excluding steroid dienone is 2. The van der Waals surface area contributed by atoms with Gasteiger partial charge in [0.05, 0.1) is 12.7 Å². The number of ether oxygens (including phenoxy) is 1. The minimum absolute atomic E-state index is 0.310. The zero-order valence-electron chi connectivity index (χ0n) is 10.2. The molecule has 2 aliphatic rings. The lowest BCUT2D eigenvalue weighted by atomic mass is 9.65. The van der Waals surface area contributed by atoms with Crippen molar-refractivity contribution in [3.63, 3.8) is 0 Å². The van der Waals surface area contributed by atoms with Crippen molar-refractivity contribution in [2.24, 2.45) is 23.7 Å². The lowest BCUT2D eigenvalue weighted by Crippen LogP contribution is -2.45. The van der Waals surface area contributed by atoms with Crippen molar-refractivity contribution in [1.29, 1.82) is 0 Å². The first-order chi connectivity index (χ1) is 7.15. The summed E-state index contributed by atoms with van der Waals surface area (Å²) in [6.45, 7) is 9.98. The number of hydrogen-bond donors (Lipinski definition) is 0. The van der Waals surface area contributed by atoms with Gasteiger partial charge in [-0.3, -0.25) is 0 Å². The Balaban J connectivity index is 2.29. The summed E-state index contributed by atoms with van der Waals surface area (Å²) in [6.07, 6.45) is 7.09. The van der Waals surface area contributed by atoms with Crippen molar-refractivity contribution in [3.8, 4) is 0 Å². The molecule has 2 rings (SSSR count). The largest absolute Gasteiger partial charge is 0.373 e. The molecule has 1 saturated heterocycles. The van der Waals surface area contributed by atoms with E-state index in [4.69, 9.17) is 4.74 Å². The second-order valence-electron chi connectivity index (χ2n) is 5.14. The molecule has 0 aromatic rings. The maximum atomic E-state index is 5.97. The molecule has 3 unspecified atom stereocenters. The molecule has 0 spiro atoms. The van der Waals surface area contributed by atoms with Gasteiger partial charge in [0.1, 0.15) is 0 Å². The molecule has 1 heteroatoms. The van der Waals surface area contributed by atoms with Gasteiger partial charge >= 0.3 is 0 Å². The second kappa shape index (κ2) is 4.13. The monoisotopic (exact) mass is 206 g/mol. The predicted molar refractivity (Wildman–Crippen MR) is 63.6 cm³/mol. The van der Waals surface area contributed by atoms with Gasteiger partial charge in [-0.1, -0.05) is 37.6 Å². The maximum absolute atomic E-state index is 5.97. The standard InChI is InChI=1S/C14H22O/c1-5-6-13-14-10(3)7-9(2)12(8-15-13)11(14)4/h5-7,9,11-14H,8H2,1-4H3/b6-5+/t9?,11?,12-,13?,14-/m1/s1. The van der Waals surface area contributed by atoms with Gasteiger partial charge in [0.15, 0.2) is 0 Å². The lowest BCUT2D eigenvalue weighted by Gasteiger charge is -2.46. The molecule has 0 aromatic heterocycles. The molecule has 0 aromatic carbocycles. The molecular formula is C14H22O. The highest BCUT2D eigenvalue weighted by Gasteiger charge is 2.42. The van der Waals surface area contributed by atoms with Crippen molar-refractivity contribution in [2.45, 2.75) is 33.8 Å². The van der Waals surface area contributed by atoms with E-state index in [1.807, 2.05) is 0 Å². The predicted octanol–water partition coefficient (Wildman–Crippen LogP) is 3.43. The summed E-state index contributed by atoms with van der Waals surface area (Å²) in [6, 6.07) is 0. The fraction of sp³-hybridized carbons (Fsp3) is 0.714. The normalized spacial score (nSPS) is 45.6. The SMILES string of the molecule is C/C=C/C1OC[C@@H]2C(C)C=C(C)[C@@H]1C2C. The topological polar surface area (TPSA) is 9.23 Å². The molecule has 1 aliphatic heterocycles. The summed E-state index contributed by atoms with van der Waals surface area (Å²) in [5, 5.41) is 0. The van der Waals surface area contributed by atoms with E-state index in [9.17, 15) is 0 Å². The van der Waals surface area contributed by atoms with E-state index in [0.29, 0.717) is 17.9 Å². The van der Waals surface area contributed by atoms with Gasteiger partial charge in [0.25, 0.3) is 0 Å². The molecule has 1 heterocycles. The van der Waals surface area contributed by atoms with Crippen molar-refractivity contribution in [2.75, 3.05) is 6.61 Å². The smallest absolute Gasteiger partial charge is 0.0823 e. The van der Waals surface area contributed by atoms with Crippen LogP contribution in [0.5, 0.6) is 0 Å². The molecule has 0 saturated carbocycles. The molecule has 1 nitrogen and oxygen atoms in total. The summed E-state index contributed by atoms with van der Waals surface area (Å²) in [4.78, 5) is 0. The van der Waals surface area contributed by atoms with Crippen molar-refractivity contribution in [1.82, 2.24) is 0 Å². The Bertz CT molecular complexity index is 290. The molecule has 1 fully saturated rings. The summed E-state index contributed by atoms with van der Waals surface area (Å²) in [5.74, 6) is 2.78. The highest BCUT2D eigenvalue weighted by Crippen LogP contribution is 2.44. The number of hydrogen-bond acceptors (Lipinski definition) is 1. The highest BCUT2D eigenvalue weighted by atomic mass is 16.5. The third-order valence-electron chi connectivity index (χ3n) is 4.19.